The second-order valence-corrected chi connectivity index (χ2v) is 12.0. The molecule has 1 aromatic carbocycles. The molecule has 1 aromatic rings. The molecule has 5 heteroatoms. The van der Waals surface area contributed by atoms with E-state index in [-0.39, 0.29) is 0 Å². The lowest BCUT2D eigenvalue weighted by Crippen LogP contribution is -2.20. The maximum absolute atomic E-state index is 13.5. The van der Waals surface area contributed by atoms with Crippen LogP contribution < -0.4 is 4.44 Å². The van der Waals surface area contributed by atoms with Gasteiger partial charge in [0.2, 0.25) is 0 Å². The predicted octanol–water partition coefficient (Wildman–Crippen LogP) is 4.97. The first-order chi connectivity index (χ1) is 9.93. The third-order valence-corrected chi connectivity index (χ3v) is 11.4. The molecule has 21 heavy (non-hydrogen) atoms. The first-order valence-corrected chi connectivity index (χ1v) is 11.3. The minimum Gasteiger partial charge on any atom is -0.299 e. The van der Waals surface area contributed by atoms with Crippen molar-refractivity contribution in [3.05, 3.63) is 53.6 Å². The summed E-state index contributed by atoms with van der Waals surface area (Å²) in [6.45, 7) is 4.02. The van der Waals surface area contributed by atoms with Crippen LogP contribution in [0.4, 0.5) is 5.69 Å². The molecular formula is C16H21NO2P2. The SMILES string of the molecule is CC1=CCP(=O)(N(c2ccccc2)P2(=O)CC=C(C)C2)C1. The molecule has 2 aliphatic heterocycles. The van der Waals surface area contributed by atoms with Crippen LogP contribution in [0.15, 0.2) is 53.6 Å². The molecule has 0 spiro atoms. The van der Waals surface area contributed by atoms with Crippen LogP contribution in [0, 0.1) is 0 Å². The van der Waals surface area contributed by atoms with Gasteiger partial charge in [0.1, 0.15) is 0 Å². The molecule has 2 atom stereocenters. The minimum absolute atomic E-state index is 0.538. The molecule has 112 valence electrons. The highest BCUT2D eigenvalue weighted by molar-refractivity contribution is 7.83. The zero-order chi connectivity index (χ0) is 15.1. The molecule has 0 bridgehead atoms. The molecular weight excluding hydrogens is 300 g/mol. The van der Waals surface area contributed by atoms with E-state index >= 15 is 0 Å². The summed E-state index contributed by atoms with van der Waals surface area (Å²) in [5.41, 5.74) is 3.14. The van der Waals surface area contributed by atoms with E-state index in [4.69, 9.17) is 0 Å². The van der Waals surface area contributed by atoms with Gasteiger partial charge in [-0.1, -0.05) is 41.5 Å². The molecule has 0 saturated heterocycles. The molecule has 2 heterocycles. The van der Waals surface area contributed by atoms with Crippen molar-refractivity contribution < 1.29 is 9.13 Å². The lowest BCUT2D eigenvalue weighted by atomic mass is 10.3. The predicted molar refractivity (Wildman–Crippen MR) is 91.1 cm³/mol. The summed E-state index contributed by atoms with van der Waals surface area (Å²) in [4.78, 5) is 0. The Labute approximate surface area is 126 Å². The Morgan fingerprint density at radius 2 is 1.33 bits per heavy atom. The number of allylic oxidation sites excluding steroid dienone is 4. The monoisotopic (exact) mass is 321 g/mol. The van der Waals surface area contributed by atoms with Crippen LogP contribution in [0.3, 0.4) is 0 Å². The number of hydrogen-bond acceptors (Lipinski definition) is 2. The zero-order valence-electron chi connectivity index (χ0n) is 12.5. The van der Waals surface area contributed by atoms with Gasteiger partial charge in [-0.2, -0.15) is 0 Å². The molecule has 2 unspecified atom stereocenters. The number of nitrogens with zero attached hydrogens (tertiary/aromatic N) is 1. The van der Waals surface area contributed by atoms with Crippen molar-refractivity contribution in [2.24, 2.45) is 0 Å². The van der Waals surface area contributed by atoms with Crippen molar-refractivity contribution in [1.82, 2.24) is 0 Å². The number of rotatable bonds is 3. The van der Waals surface area contributed by atoms with E-state index in [1.54, 1.807) is 0 Å². The maximum Gasteiger partial charge on any atom is 0.185 e. The smallest absolute Gasteiger partial charge is 0.185 e. The summed E-state index contributed by atoms with van der Waals surface area (Å²) in [5.74, 6) is 0. The first-order valence-electron chi connectivity index (χ1n) is 7.27. The van der Waals surface area contributed by atoms with Crippen LogP contribution >= 0.6 is 14.6 Å². The number of benzene rings is 1. The van der Waals surface area contributed by atoms with Gasteiger partial charge >= 0.3 is 0 Å². The van der Waals surface area contributed by atoms with Gasteiger partial charge in [0.15, 0.2) is 14.6 Å². The fraction of sp³-hybridized carbons (Fsp3) is 0.375. The lowest BCUT2D eigenvalue weighted by molar-refractivity contribution is 0.570. The summed E-state index contributed by atoms with van der Waals surface area (Å²) in [6.07, 6.45) is 6.28. The van der Waals surface area contributed by atoms with Crippen molar-refractivity contribution in [1.29, 1.82) is 0 Å². The Hall–Kier alpha value is -1.04. The number of para-hydroxylation sites is 1. The standard InChI is InChI=1S/C16H21NO2P2/c1-14-8-10-20(18,12-14)17(16-6-4-3-5-7-16)21(19)11-9-15(2)13-21/h3-9H,10-13H2,1-2H3. The van der Waals surface area contributed by atoms with Gasteiger partial charge in [0.25, 0.3) is 0 Å². The van der Waals surface area contributed by atoms with E-state index in [2.05, 4.69) is 0 Å². The van der Waals surface area contributed by atoms with E-state index < -0.39 is 14.6 Å². The molecule has 3 rings (SSSR count). The Morgan fingerprint density at radius 1 is 0.857 bits per heavy atom. The summed E-state index contributed by atoms with van der Waals surface area (Å²) in [5, 5.41) is 0. The third kappa shape index (κ3) is 2.70. The summed E-state index contributed by atoms with van der Waals surface area (Å²) in [6, 6.07) is 9.64. The molecule has 3 nitrogen and oxygen atoms in total. The highest BCUT2D eigenvalue weighted by atomic mass is 31.2. The number of anilines is 1. The average molecular weight is 321 g/mol. The van der Waals surface area contributed by atoms with Gasteiger partial charge in [0, 0.05) is 30.3 Å². The molecule has 0 fully saturated rings. The molecule has 2 aliphatic rings. The van der Waals surface area contributed by atoms with Gasteiger partial charge < -0.3 is 0 Å². The van der Waals surface area contributed by atoms with Gasteiger partial charge in [-0.05, 0) is 26.0 Å². The van der Waals surface area contributed by atoms with Crippen LogP contribution in [0.2, 0.25) is 0 Å². The fourth-order valence-corrected chi connectivity index (χ4v) is 11.4. The molecule has 0 saturated carbocycles. The van der Waals surface area contributed by atoms with Crippen LogP contribution in [-0.4, -0.2) is 24.6 Å². The van der Waals surface area contributed by atoms with Crippen LogP contribution in [-0.2, 0) is 9.13 Å². The fourth-order valence-electron chi connectivity index (χ4n) is 3.20. The highest BCUT2D eigenvalue weighted by Crippen LogP contribution is 2.71. The Kier molecular flexibility index (Phi) is 3.76. The van der Waals surface area contributed by atoms with Crippen LogP contribution in [0.25, 0.3) is 0 Å². The van der Waals surface area contributed by atoms with Crippen molar-refractivity contribution in [2.75, 3.05) is 29.1 Å². The average Bonchev–Trinajstić information content (AvgIpc) is 2.95. The molecule has 0 N–H and O–H groups in total. The van der Waals surface area contributed by atoms with E-state index in [1.807, 2.05) is 60.8 Å². The van der Waals surface area contributed by atoms with Crippen molar-refractivity contribution >= 4 is 20.3 Å². The largest absolute Gasteiger partial charge is 0.299 e. The van der Waals surface area contributed by atoms with E-state index in [0.29, 0.717) is 24.6 Å². The summed E-state index contributed by atoms with van der Waals surface area (Å²) in [7, 11) is -5.31. The van der Waals surface area contributed by atoms with Gasteiger partial charge in [-0.3, -0.25) is 13.6 Å². The maximum atomic E-state index is 13.5. The molecule has 0 aromatic heterocycles. The third-order valence-electron chi connectivity index (χ3n) is 4.12. The summed E-state index contributed by atoms with van der Waals surface area (Å²) < 4.78 is 28.8. The second kappa shape index (κ2) is 5.30. The van der Waals surface area contributed by atoms with Gasteiger partial charge in [-0.15, -0.1) is 0 Å². The Morgan fingerprint density at radius 3 is 1.71 bits per heavy atom. The minimum atomic E-state index is -2.66. The van der Waals surface area contributed by atoms with Crippen molar-refractivity contribution in [3.63, 3.8) is 0 Å². The molecule has 0 radical (unpaired) electrons. The highest BCUT2D eigenvalue weighted by Gasteiger charge is 2.45. The zero-order valence-corrected chi connectivity index (χ0v) is 14.3. The number of hydrogen-bond donors (Lipinski definition) is 0. The Bertz CT molecular complexity index is 664. The molecule has 0 aliphatic carbocycles. The molecule has 0 amide bonds. The Balaban J connectivity index is 2.05. The van der Waals surface area contributed by atoms with Crippen LogP contribution in [0.1, 0.15) is 13.8 Å². The van der Waals surface area contributed by atoms with Gasteiger partial charge in [-0.25, -0.2) is 0 Å². The normalized spacial score (nSPS) is 31.9. The quantitative estimate of drug-likeness (QED) is 0.583. The second-order valence-electron chi connectivity index (χ2n) is 6.10. The lowest BCUT2D eigenvalue weighted by Gasteiger charge is -2.36. The first kappa shape index (κ1) is 14.9. The summed E-state index contributed by atoms with van der Waals surface area (Å²) >= 11 is 0. The topological polar surface area (TPSA) is 37.4 Å². The van der Waals surface area contributed by atoms with E-state index in [0.717, 1.165) is 16.8 Å². The van der Waals surface area contributed by atoms with E-state index in [1.165, 1.54) is 0 Å². The van der Waals surface area contributed by atoms with Gasteiger partial charge in [0.05, 0.1) is 0 Å². The van der Waals surface area contributed by atoms with Crippen molar-refractivity contribution in [3.8, 4) is 0 Å². The van der Waals surface area contributed by atoms with Crippen LogP contribution in [0.5, 0.6) is 0 Å². The van der Waals surface area contributed by atoms with Crippen molar-refractivity contribution in [2.45, 2.75) is 13.8 Å². The van der Waals surface area contributed by atoms with E-state index in [9.17, 15) is 9.13 Å².